The van der Waals surface area contributed by atoms with Crippen molar-refractivity contribution >= 4 is 16.7 Å². The van der Waals surface area contributed by atoms with Crippen LogP contribution < -0.4 is 5.73 Å². The molecule has 0 saturated carbocycles. The quantitative estimate of drug-likeness (QED) is 0.759. The molecule has 0 radical (unpaired) electrons. The summed E-state index contributed by atoms with van der Waals surface area (Å²) in [6.07, 6.45) is 8.67. The molecule has 3 N–H and O–H groups in total. The molecule has 0 spiro atoms. The number of nitrogens with zero attached hydrogens (tertiary/aromatic N) is 3. The van der Waals surface area contributed by atoms with Gasteiger partial charge in [-0.05, 0) is 61.8 Å². The third kappa shape index (κ3) is 2.21. The van der Waals surface area contributed by atoms with Crippen molar-refractivity contribution in [2.45, 2.75) is 44.8 Å². The zero-order valence-electron chi connectivity index (χ0n) is 13.6. The maximum absolute atomic E-state index is 6.20. The Labute approximate surface area is 140 Å². The summed E-state index contributed by atoms with van der Waals surface area (Å²) in [5, 5.41) is 4.65. The lowest BCUT2D eigenvalue weighted by Gasteiger charge is -2.22. The SMILES string of the molecule is Nc1cn(C2CCCCO2)nc1-c1nc2cc3c(cc2[nH]1)CCC3. The van der Waals surface area contributed by atoms with Crippen LogP contribution in [0.1, 0.15) is 43.0 Å². The summed E-state index contributed by atoms with van der Waals surface area (Å²) < 4.78 is 7.64. The molecule has 0 amide bonds. The highest BCUT2D eigenvalue weighted by atomic mass is 16.5. The van der Waals surface area contributed by atoms with Gasteiger partial charge in [0.1, 0.15) is 6.23 Å². The topological polar surface area (TPSA) is 81.8 Å². The van der Waals surface area contributed by atoms with Crippen molar-refractivity contribution in [3.8, 4) is 11.5 Å². The van der Waals surface area contributed by atoms with Gasteiger partial charge in [-0.1, -0.05) is 0 Å². The number of aromatic amines is 1. The number of ether oxygens (including phenoxy) is 1. The van der Waals surface area contributed by atoms with Crippen LogP contribution in [0.5, 0.6) is 0 Å². The predicted octanol–water partition coefficient (Wildman–Crippen LogP) is 3.20. The van der Waals surface area contributed by atoms with Gasteiger partial charge in [0.15, 0.2) is 11.5 Å². The normalized spacial score (nSPS) is 20.6. The van der Waals surface area contributed by atoms with E-state index in [9.17, 15) is 0 Å². The maximum atomic E-state index is 6.20. The second-order valence-corrected chi connectivity index (χ2v) is 6.81. The molecule has 1 atom stereocenters. The van der Waals surface area contributed by atoms with Crippen LogP contribution in [0.3, 0.4) is 0 Å². The molecule has 1 saturated heterocycles. The molecule has 124 valence electrons. The fourth-order valence-electron chi connectivity index (χ4n) is 3.86. The molecule has 6 nitrogen and oxygen atoms in total. The first kappa shape index (κ1) is 14.0. The minimum absolute atomic E-state index is 0.0111. The Morgan fingerprint density at radius 1 is 1.17 bits per heavy atom. The Balaban J connectivity index is 1.54. The predicted molar refractivity (Wildman–Crippen MR) is 92.6 cm³/mol. The number of hydrogen-bond acceptors (Lipinski definition) is 4. The van der Waals surface area contributed by atoms with E-state index < -0.39 is 0 Å². The largest absolute Gasteiger partial charge is 0.396 e. The molecule has 1 unspecified atom stereocenters. The van der Waals surface area contributed by atoms with E-state index >= 15 is 0 Å². The smallest absolute Gasteiger partial charge is 0.161 e. The van der Waals surface area contributed by atoms with Crippen molar-refractivity contribution < 1.29 is 4.74 Å². The van der Waals surface area contributed by atoms with Crippen LogP contribution in [-0.4, -0.2) is 26.4 Å². The first-order chi connectivity index (χ1) is 11.8. The number of rotatable bonds is 2. The second kappa shape index (κ2) is 5.34. The zero-order valence-corrected chi connectivity index (χ0v) is 13.6. The third-order valence-corrected chi connectivity index (χ3v) is 5.13. The van der Waals surface area contributed by atoms with Crippen molar-refractivity contribution in [1.29, 1.82) is 0 Å². The van der Waals surface area contributed by atoms with Crippen molar-refractivity contribution in [3.63, 3.8) is 0 Å². The molecule has 2 aliphatic rings. The number of nitrogens with one attached hydrogen (secondary N) is 1. The molecular formula is C18H21N5O. The van der Waals surface area contributed by atoms with E-state index in [0.717, 1.165) is 55.6 Å². The van der Waals surface area contributed by atoms with E-state index in [0.29, 0.717) is 11.4 Å². The summed E-state index contributed by atoms with van der Waals surface area (Å²) in [6, 6.07) is 4.43. The minimum atomic E-state index is -0.0111. The standard InChI is InChI=1S/C18H21N5O/c19-13-10-23(16-6-1-2-7-24-16)22-17(13)18-20-14-8-11-4-3-5-12(11)9-15(14)21-18/h8-10,16H,1-7,19H2,(H,20,21). The Morgan fingerprint density at radius 3 is 2.88 bits per heavy atom. The van der Waals surface area contributed by atoms with Gasteiger partial charge in [-0.15, -0.1) is 0 Å². The van der Waals surface area contributed by atoms with Gasteiger partial charge >= 0.3 is 0 Å². The summed E-state index contributed by atoms with van der Waals surface area (Å²) in [6.45, 7) is 0.788. The minimum Gasteiger partial charge on any atom is -0.396 e. The van der Waals surface area contributed by atoms with Gasteiger partial charge < -0.3 is 15.5 Å². The van der Waals surface area contributed by atoms with Gasteiger partial charge in [-0.3, -0.25) is 0 Å². The van der Waals surface area contributed by atoms with E-state index in [2.05, 4.69) is 22.2 Å². The Bertz CT molecular complexity index is 863. The summed E-state index contributed by atoms with van der Waals surface area (Å²) in [7, 11) is 0. The van der Waals surface area contributed by atoms with Crippen LogP contribution >= 0.6 is 0 Å². The monoisotopic (exact) mass is 323 g/mol. The number of H-pyrrole nitrogens is 1. The van der Waals surface area contributed by atoms with E-state index in [-0.39, 0.29) is 6.23 Å². The van der Waals surface area contributed by atoms with Gasteiger partial charge in [-0.25, -0.2) is 9.67 Å². The molecule has 6 heteroatoms. The average Bonchev–Trinajstić information content (AvgIpc) is 3.30. The number of nitrogen functional groups attached to an aromatic ring is 1. The van der Waals surface area contributed by atoms with Crippen LogP contribution in [0, 0.1) is 0 Å². The summed E-state index contributed by atoms with van der Waals surface area (Å²) in [4.78, 5) is 8.12. The van der Waals surface area contributed by atoms with Crippen LogP contribution in [0.15, 0.2) is 18.3 Å². The van der Waals surface area contributed by atoms with Crippen LogP contribution in [0.4, 0.5) is 5.69 Å². The first-order valence-corrected chi connectivity index (χ1v) is 8.76. The molecule has 1 aliphatic carbocycles. The number of anilines is 1. The summed E-state index contributed by atoms with van der Waals surface area (Å²) in [5.74, 6) is 0.737. The van der Waals surface area contributed by atoms with Crippen LogP contribution in [0.25, 0.3) is 22.6 Å². The van der Waals surface area contributed by atoms with Gasteiger partial charge in [0, 0.05) is 6.61 Å². The fraction of sp³-hybridized carbons (Fsp3) is 0.444. The Kier molecular flexibility index (Phi) is 3.13. The molecule has 0 bridgehead atoms. The van der Waals surface area contributed by atoms with E-state index in [4.69, 9.17) is 15.5 Å². The number of hydrogen-bond donors (Lipinski definition) is 2. The lowest BCUT2D eigenvalue weighted by atomic mass is 10.1. The summed E-state index contributed by atoms with van der Waals surface area (Å²) in [5.41, 5.74) is 12.5. The van der Waals surface area contributed by atoms with Gasteiger partial charge in [0.2, 0.25) is 0 Å². The number of benzene rings is 1. The number of aryl methyl sites for hydroxylation is 2. The number of imidazole rings is 1. The van der Waals surface area contributed by atoms with Crippen molar-refractivity contribution in [2.24, 2.45) is 0 Å². The van der Waals surface area contributed by atoms with Crippen molar-refractivity contribution in [2.75, 3.05) is 12.3 Å². The molecule has 1 aromatic carbocycles. The zero-order chi connectivity index (χ0) is 16.1. The van der Waals surface area contributed by atoms with Gasteiger partial charge in [0.05, 0.1) is 22.9 Å². The Morgan fingerprint density at radius 2 is 2.04 bits per heavy atom. The Hall–Kier alpha value is -2.34. The van der Waals surface area contributed by atoms with Crippen LogP contribution in [-0.2, 0) is 17.6 Å². The first-order valence-electron chi connectivity index (χ1n) is 8.76. The molecule has 1 fully saturated rings. The average molecular weight is 323 g/mol. The van der Waals surface area contributed by atoms with E-state index in [1.807, 2.05) is 10.9 Å². The molecule has 1 aliphatic heterocycles. The fourth-order valence-corrected chi connectivity index (χ4v) is 3.86. The van der Waals surface area contributed by atoms with Crippen molar-refractivity contribution in [1.82, 2.24) is 19.7 Å². The lowest BCUT2D eigenvalue weighted by Crippen LogP contribution is -2.18. The molecule has 3 heterocycles. The molecule has 5 rings (SSSR count). The molecular weight excluding hydrogens is 302 g/mol. The maximum Gasteiger partial charge on any atom is 0.161 e. The van der Waals surface area contributed by atoms with Crippen molar-refractivity contribution in [3.05, 3.63) is 29.5 Å². The van der Waals surface area contributed by atoms with E-state index in [1.54, 1.807) is 0 Å². The van der Waals surface area contributed by atoms with Gasteiger partial charge in [0.25, 0.3) is 0 Å². The molecule has 3 aromatic rings. The highest BCUT2D eigenvalue weighted by molar-refractivity contribution is 5.82. The number of aromatic nitrogens is 4. The number of nitrogens with two attached hydrogens (primary N) is 1. The second-order valence-electron chi connectivity index (χ2n) is 6.81. The lowest BCUT2D eigenvalue weighted by molar-refractivity contribution is -0.0393. The van der Waals surface area contributed by atoms with Gasteiger partial charge in [-0.2, -0.15) is 5.10 Å². The van der Waals surface area contributed by atoms with Crippen LogP contribution in [0.2, 0.25) is 0 Å². The number of fused-ring (bicyclic) bond motifs is 2. The third-order valence-electron chi connectivity index (χ3n) is 5.13. The summed E-state index contributed by atoms with van der Waals surface area (Å²) >= 11 is 0. The highest BCUT2D eigenvalue weighted by Gasteiger charge is 2.21. The highest BCUT2D eigenvalue weighted by Crippen LogP contribution is 2.31. The van der Waals surface area contributed by atoms with E-state index in [1.165, 1.54) is 17.5 Å². The molecule has 2 aromatic heterocycles. The molecule has 24 heavy (non-hydrogen) atoms.